The van der Waals surface area contributed by atoms with E-state index >= 15 is 0 Å². The number of piperazine rings is 1. The molecule has 24 heavy (non-hydrogen) atoms. The molecule has 4 nitrogen and oxygen atoms in total. The summed E-state index contributed by atoms with van der Waals surface area (Å²) in [6, 6.07) is 5.32. The number of nitriles is 1. The van der Waals surface area contributed by atoms with Gasteiger partial charge in [-0.3, -0.25) is 4.90 Å². The zero-order valence-corrected chi connectivity index (χ0v) is 13.4. The van der Waals surface area contributed by atoms with Gasteiger partial charge in [-0.2, -0.15) is 18.4 Å². The number of ether oxygens (including phenoxy) is 1. The van der Waals surface area contributed by atoms with Crippen LogP contribution in [-0.4, -0.2) is 50.8 Å². The summed E-state index contributed by atoms with van der Waals surface area (Å²) in [7, 11) is 0. The number of nitrogens with zero attached hydrogens (tertiary/aromatic N) is 3. The van der Waals surface area contributed by atoms with Crippen molar-refractivity contribution in [2.45, 2.75) is 12.6 Å². The third-order valence-corrected chi connectivity index (χ3v) is 4.70. The lowest BCUT2D eigenvalue weighted by Crippen LogP contribution is -2.48. The van der Waals surface area contributed by atoms with Crippen LogP contribution in [0.3, 0.4) is 0 Å². The summed E-state index contributed by atoms with van der Waals surface area (Å²) in [6.45, 7) is 5.79. The molecule has 2 aliphatic heterocycles. The smallest absolute Gasteiger partial charge is 0.381 e. The van der Waals surface area contributed by atoms with Gasteiger partial charge in [0.15, 0.2) is 0 Å². The number of hydrogen-bond acceptors (Lipinski definition) is 4. The van der Waals surface area contributed by atoms with E-state index < -0.39 is 11.7 Å². The molecule has 0 amide bonds. The molecule has 0 bridgehead atoms. The van der Waals surface area contributed by atoms with Crippen LogP contribution in [0.2, 0.25) is 0 Å². The number of alkyl halides is 3. The number of anilines is 1. The monoisotopic (exact) mass is 339 g/mol. The molecule has 3 rings (SSSR count). The van der Waals surface area contributed by atoms with Crippen molar-refractivity contribution in [2.75, 3.05) is 50.8 Å². The molecule has 0 N–H and O–H groups in total. The Morgan fingerprint density at radius 2 is 1.96 bits per heavy atom. The average molecular weight is 339 g/mol. The summed E-state index contributed by atoms with van der Waals surface area (Å²) in [5.74, 6) is 0.581. The lowest BCUT2D eigenvalue weighted by atomic mass is 10.1. The standard InChI is InChI=1S/C17H20F3N3O/c18-17(19,20)15-1-2-16(14(9-15)10-21)23-6-4-22(5-7-23)11-13-3-8-24-12-13/h1-2,9,13H,3-8,11-12H2. The Morgan fingerprint density at radius 3 is 2.54 bits per heavy atom. The second-order valence-corrected chi connectivity index (χ2v) is 6.36. The first-order valence-corrected chi connectivity index (χ1v) is 8.14. The Labute approximate surface area is 139 Å². The van der Waals surface area contributed by atoms with Gasteiger partial charge in [-0.25, -0.2) is 0 Å². The molecule has 1 atom stereocenters. The zero-order valence-electron chi connectivity index (χ0n) is 13.4. The Hall–Kier alpha value is -1.78. The number of halogens is 3. The van der Waals surface area contributed by atoms with Crippen LogP contribution in [0.15, 0.2) is 18.2 Å². The molecule has 1 unspecified atom stereocenters. The van der Waals surface area contributed by atoms with E-state index in [1.807, 2.05) is 11.0 Å². The predicted octanol–water partition coefficient (Wildman–Crippen LogP) is 2.74. The molecule has 0 saturated carbocycles. The molecule has 0 radical (unpaired) electrons. The minimum absolute atomic E-state index is 0.0856. The maximum atomic E-state index is 12.8. The van der Waals surface area contributed by atoms with E-state index in [4.69, 9.17) is 4.74 Å². The van der Waals surface area contributed by atoms with E-state index in [-0.39, 0.29) is 5.56 Å². The van der Waals surface area contributed by atoms with Crippen LogP contribution in [0.25, 0.3) is 0 Å². The van der Waals surface area contributed by atoms with Crippen LogP contribution in [0.4, 0.5) is 18.9 Å². The van der Waals surface area contributed by atoms with Crippen molar-refractivity contribution in [3.05, 3.63) is 29.3 Å². The fourth-order valence-electron chi connectivity index (χ4n) is 3.34. The normalized spacial score (nSPS) is 22.6. The summed E-state index contributed by atoms with van der Waals surface area (Å²) in [5.41, 5.74) is -0.0977. The van der Waals surface area contributed by atoms with Gasteiger partial charge in [-0.05, 0) is 30.5 Å². The van der Waals surface area contributed by atoms with Gasteiger partial charge in [0.1, 0.15) is 6.07 Å². The van der Waals surface area contributed by atoms with Crippen LogP contribution in [0.5, 0.6) is 0 Å². The molecule has 1 aromatic carbocycles. The summed E-state index contributed by atoms with van der Waals surface area (Å²) >= 11 is 0. The maximum absolute atomic E-state index is 12.8. The van der Waals surface area contributed by atoms with Crippen molar-refractivity contribution < 1.29 is 17.9 Å². The van der Waals surface area contributed by atoms with Crippen molar-refractivity contribution in [3.8, 4) is 6.07 Å². The van der Waals surface area contributed by atoms with Crippen molar-refractivity contribution >= 4 is 5.69 Å². The van der Waals surface area contributed by atoms with Crippen molar-refractivity contribution in [3.63, 3.8) is 0 Å². The highest BCUT2D eigenvalue weighted by molar-refractivity contribution is 5.61. The van der Waals surface area contributed by atoms with E-state index in [0.717, 1.165) is 51.4 Å². The molecule has 0 aromatic heterocycles. The summed E-state index contributed by atoms with van der Waals surface area (Å²) in [5, 5.41) is 9.21. The van der Waals surface area contributed by atoms with Crippen LogP contribution in [0, 0.1) is 17.2 Å². The maximum Gasteiger partial charge on any atom is 0.416 e. The zero-order chi connectivity index (χ0) is 17.2. The quantitative estimate of drug-likeness (QED) is 0.849. The molecule has 2 fully saturated rings. The van der Waals surface area contributed by atoms with Crippen LogP contribution >= 0.6 is 0 Å². The Balaban J connectivity index is 1.64. The van der Waals surface area contributed by atoms with Crippen LogP contribution in [-0.2, 0) is 10.9 Å². The van der Waals surface area contributed by atoms with E-state index in [1.165, 1.54) is 6.07 Å². The lowest BCUT2D eigenvalue weighted by molar-refractivity contribution is -0.137. The molecular weight excluding hydrogens is 319 g/mol. The Bertz CT molecular complexity index is 612. The number of rotatable bonds is 3. The summed E-state index contributed by atoms with van der Waals surface area (Å²) in [4.78, 5) is 4.37. The molecule has 1 aromatic rings. The Morgan fingerprint density at radius 1 is 1.21 bits per heavy atom. The number of hydrogen-bond donors (Lipinski definition) is 0. The van der Waals surface area contributed by atoms with E-state index in [0.29, 0.717) is 24.7 Å². The molecule has 2 saturated heterocycles. The molecule has 2 aliphatic rings. The molecule has 0 aliphatic carbocycles. The average Bonchev–Trinajstić information content (AvgIpc) is 3.07. The van der Waals surface area contributed by atoms with Crippen LogP contribution < -0.4 is 4.90 Å². The van der Waals surface area contributed by atoms with Crippen molar-refractivity contribution in [2.24, 2.45) is 5.92 Å². The van der Waals surface area contributed by atoms with Gasteiger partial charge in [0.2, 0.25) is 0 Å². The SMILES string of the molecule is N#Cc1cc(C(F)(F)F)ccc1N1CCN(CC2CCOC2)CC1. The first-order chi connectivity index (χ1) is 11.5. The third-order valence-electron chi connectivity index (χ3n) is 4.70. The van der Waals surface area contributed by atoms with E-state index in [9.17, 15) is 18.4 Å². The minimum Gasteiger partial charge on any atom is -0.381 e. The van der Waals surface area contributed by atoms with Gasteiger partial charge in [-0.1, -0.05) is 0 Å². The van der Waals surface area contributed by atoms with Gasteiger partial charge in [0.25, 0.3) is 0 Å². The minimum atomic E-state index is -4.42. The van der Waals surface area contributed by atoms with Gasteiger partial charge >= 0.3 is 6.18 Å². The second-order valence-electron chi connectivity index (χ2n) is 6.36. The van der Waals surface area contributed by atoms with E-state index in [1.54, 1.807) is 0 Å². The topological polar surface area (TPSA) is 39.5 Å². The highest BCUT2D eigenvalue weighted by atomic mass is 19.4. The molecule has 0 spiro atoms. The first-order valence-electron chi connectivity index (χ1n) is 8.14. The fourth-order valence-corrected chi connectivity index (χ4v) is 3.34. The largest absolute Gasteiger partial charge is 0.416 e. The van der Waals surface area contributed by atoms with Gasteiger partial charge in [-0.15, -0.1) is 0 Å². The summed E-state index contributed by atoms with van der Waals surface area (Å²) in [6.07, 6.45) is -3.33. The van der Waals surface area contributed by atoms with Gasteiger partial charge in [0, 0.05) is 39.3 Å². The third kappa shape index (κ3) is 3.82. The van der Waals surface area contributed by atoms with Gasteiger partial charge in [0.05, 0.1) is 23.4 Å². The molecule has 130 valence electrons. The van der Waals surface area contributed by atoms with Crippen molar-refractivity contribution in [1.29, 1.82) is 5.26 Å². The highest BCUT2D eigenvalue weighted by Crippen LogP contribution is 2.33. The molecule has 2 heterocycles. The predicted molar refractivity (Wildman–Crippen MR) is 83.7 cm³/mol. The molecule has 7 heteroatoms. The lowest BCUT2D eigenvalue weighted by Gasteiger charge is -2.37. The summed E-state index contributed by atoms with van der Waals surface area (Å²) < 4.78 is 43.7. The fraction of sp³-hybridized carbons (Fsp3) is 0.588. The van der Waals surface area contributed by atoms with E-state index in [2.05, 4.69) is 4.90 Å². The van der Waals surface area contributed by atoms with Crippen LogP contribution in [0.1, 0.15) is 17.5 Å². The first kappa shape index (κ1) is 17.1. The highest BCUT2D eigenvalue weighted by Gasteiger charge is 2.32. The Kier molecular flexibility index (Phi) is 4.97. The number of benzene rings is 1. The van der Waals surface area contributed by atoms with Gasteiger partial charge < -0.3 is 9.64 Å². The molecular formula is C17H20F3N3O. The second kappa shape index (κ2) is 6.99. The van der Waals surface area contributed by atoms with Crippen molar-refractivity contribution in [1.82, 2.24) is 4.90 Å².